The molecule has 0 unspecified atom stereocenters. The van der Waals surface area contributed by atoms with Crippen molar-refractivity contribution in [2.45, 2.75) is 0 Å². The molecule has 0 aliphatic carbocycles. The quantitative estimate of drug-likeness (QED) is 0.181. The average molecular weight is 636 g/mol. The molecule has 230 valence electrons. The third-order valence-electron chi connectivity index (χ3n) is 9.50. The molecule has 0 aliphatic rings. The second-order valence-electron chi connectivity index (χ2n) is 12.4. The van der Waals surface area contributed by atoms with Gasteiger partial charge in [0.2, 0.25) is 0 Å². The average Bonchev–Trinajstić information content (AvgIpc) is 3.70. The monoisotopic (exact) mass is 635 g/mol. The smallest absolute Gasteiger partial charge is 0.188 e. The molecule has 0 spiro atoms. The molecule has 0 saturated heterocycles. The van der Waals surface area contributed by atoms with Crippen molar-refractivity contribution in [2.75, 3.05) is 0 Å². The summed E-state index contributed by atoms with van der Waals surface area (Å²) in [6.07, 6.45) is 0. The maximum Gasteiger partial charge on any atom is 0.188 e. The molecule has 0 bridgehead atoms. The van der Waals surface area contributed by atoms with Crippen LogP contribution in [0.15, 0.2) is 152 Å². The molecule has 0 radical (unpaired) electrons. The van der Waals surface area contributed by atoms with Gasteiger partial charge in [0.1, 0.15) is 0 Å². The van der Waals surface area contributed by atoms with Gasteiger partial charge in [-0.3, -0.25) is 0 Å². The van der Waals surface area contributed by atoms with Crippen molar-refractivity contribution in [3.8, 4) is 45.8 Å². The summed E-state index contributed by atoms with van der Waals surface area (Å²) in [6, 6.07) is 55.7. The van der Waals surface area contributed by atoms with Crippen molar-refractivity contribution < 1.29 is 0 Å². The van der Waals surface area contributed by atoms with E-state index in [0.29, 0.717) is 16.8 Å². The largest absolute Gasteiger partial charge is 0.309 e. The van der Waals surface area contributed by atoms with E-state index in [1.807, 2.05) is 78.9 Å². The molecule has 0 amide bonds. The van der Waals surface area contributed by atoms with Crippen molar-refractivity contribution in [1.82, 2.24) is 9.13 Å². The Bertz CT molecular complexity index is 2920. The minimum atomic E-state index is 0.557. The van der Waals surface area contributed by atoms with E-state index in [0.717, 1.165) is 77.2 Å². The highest BCUT2D eigenvalue weighted by molar-refractivity contribution is 6.11. The van der Waals surface area contributed by atoms with Crippen molar-refractivity contribution in [1.29, 1.82) is 10.5 Å². The molecule has 9 rings (SSSR count). The number of rotatable bonds is 4. The highest BCUT2D eigenvalue weighted by Crippen LogP contribution is 2.39. The molecule has 7 aromatic carbocycles. The first-order chi connectivity index (χ1) is 24.6. The van der Waals surface area contributed by atoms with E-state index in [-0.39, 0.29) is 0 Å². The summed E-state index contributed by atoms with van der Waals surface area (Å²) >= 11 is 0. The van der Waals surface area contributed by atoms with Gasteiger partial charge in [0.15, 0.2) is 5.69 Å². The minimum absolute atomic E-state index is 0.557. The topological polar surface area (TPSA) is 61.8 Å². The highest BCUT2D eigenvalue weighted by atomic mass is 15.0. The van der Waals surface area contributed by atoms with Gasteiger partial charge in [0.25, 0.3) is 0 Å². The van der Waals surface area contributed by atoms with Crippen LogP contribution in [0.25, 0.3) is 82.1 Å². The lowest BCUT2D eigenvalue weighted by atomic mass is 9.95. The van der Waals surface area contributed by atoms with Crippen LogP contribution in [0.5, 0.6) is 0 Å². The lowest BCUT2D eigenvalue weighted by molar-refractivity contribution is 1.17. The minimum Gasteiger partial charge on any atom is -0.309 e. The van der Waals surface area contributed by atoms with Crippen molar-refractivity contribution in [3.05, 3.63) is 174 Å². The molecule has 2 aromatic heterocycles. The zero-order valence-electron chi connectivity index (χ0n) is 26.7. The Morgan fingerprint density at radius 1 is 0.420 bits per heavy atom. The molecular weight excluding hydrogens is 611 g/mol. The Morgan fingerprint density at radius 2 is 0.920 bits per heavy atom. The van der Waals surface area contributed by atoms with Crippen molar-refractivity contribution in [2.24, 2.45) is 0 Å². The van der Waals surface area contributed by atoms with E-state index in [1.54, 1.807) is 0 Å². The number of hydrogen-bond donors (Lipinski definition) is 0. The summed E-state index contributed by atoms with van der Waals surface area (Å²) in [5, 5.41) is 24.4. The third kappa shape index (κ3) is 4.53. The van der Waals surface area contributed by atoms with Crippen LogP contribution < -0.4 is 0 Å². The molecule has 2 heterocycles. The predicted molar refractivity (Wildman–Crippen MR) is 202 cm³/mol. The van der Waals surface area contributed by atoms with Crippen LogP contribution in [0.2, 0.25) is 0 Å². The molecule has 0 atom stereocenters. The van der Waals surface area contributed by atoms with Crippen LogP contribution in [0, 0.1) is 29.2 Å². The van der Waals surface area contributed by atoms with Crippen molar-refractivity contribution >= 4 is 49.3 Å². The highest BCUT2D eigenvalue weighted by Gasteiger charge is 2.17. The fourth-order valence-corrected chi connectivity index (χ4v) is 7.32. The summed E-state index contributed by atoms with van der Waals surface area (Å²) in [5.41, 5.74) is 11.4. The second kappa shape index (κ2) is 11.4. The van der Waals surface area contributed by atoms with Crippen molar-refractivity contribution in [3.63, 3.8) is 0 Å². The van der Waals surface area contributed by atoms with Crippen LogP contribution in [0.4, 0.5) is 5.69 Å². The molecule has 50 heavy (non-hydrogen) atoms. The molecule has 0 fully saturated rings. The number of nitrogens with zero attached hydrogens (tertiary/aromatic N) is 5. The molecular formula is C45H25N5. The maximum atomic E-state index is 10.3. The normalized spacial score (nSPS) is 11.1. The number of hydrogen-bond acceptors (Lipinski definition) is 2. The Morgan fingerprint density at radius 3 is 1.52 bits per heavy atom. The van der Waals surface area contributed by atoms with Crippen LogP contribution in [-0.4, -0.2) is 9.13 Å². The third-order valence-corrected chi connectivity index (χ3v) is 9.50. The molecule has 9 aromatic rings. The Balaban J connectivity index is 1.34. The van der Waals surface area contributed by atoms with Crippen LogP contribution >= 0.6 is 0 Å². The second-order valence-corrected chi connectivity index (χ2v) is 12.4. The first kappa shape index (κ1) is 28.8. The van der Waals surface area contributed by atoms with Gasteiger partial charge in [-0.25, -0.2) is 4.85 Å². The van der Waals surface area contributed by atoms with E-state index in [1.165, 1.54) is 0 Å². The molecule has 0 aliphatic heterocycles. The SMILES string of the molecule is [C-]#[N+]c1ccc2c(c1)c1ccccc1n2-c1cc(-c2cccc(C#N)c2)cc(-c2cc(C#N)cc(-n3c4ccccc4c4ccccc43)c2)c1. The van der Waals surface area contributed by atoms with E-state index < -0.39 is 0 Å². The number of aromatic nitrogens is 2. The fourth-order valence-electron chi connectivity index (χ4n) is 7.32. The Labute approximate surface area is 288 Å². The lowest BCUT2D eigenvalue weighted by Crippen LogP contribution is -1.98. The maximum absolute atomic E-state index is 10.3. The van der Waals surface area contributed by atoms with Gasteiger partial charge >= 0.3 is 0 Å². The van der Waals surface area contributed by atoms with Gasteiger partial charge in [-0.15, -0.1) is 0 Å². The number of benzene rings is 7. The predicted octanol–water partition coefficient (Wildman–Crippen LogP) is 11.5. The summed E-state index contributed by atoms with van der Waals surface area (Å²) in [5.74, 6) is 0. The van der Waals surface area contributed by atoms with Gasteiger partial charge in [-0.05, 0) is 107 Å². The van der Waals surface area contributed by atoms with Crippen LogP contribution in [-0.2, 0) is 0 Å². The van der Waals surface area contributed by atoms with E-state index in [2.05, 4.69) is 98.9 Å². The van der Waals surface area contributed by atoms with E-state index >= 15 is 0 Å². The summed E-state index contributed by atoms with van der Waals surface area (Å²) in [6.45, 7) is 7.64. The molecule has 0 N–H and O–H groups in total. The molecule has 0 saturated carbocycles. The zero-order chi connectivity index (χ0) is 33.8. The van der Waals surface area contributed by atoms with Gasteiger partial charge < -0.3 is 9.13 Å². The van der Waals surface area contributed by atoms with Gasteiger partial charge in [0, 0.05) is 27.5 Å². The van der Waals surface area contributed by atoms with Crippen LogP contribution in [0.3, 0.4) is 0 Å². The van der Waals surface area contributed by atoms with Crippen LogP contribution in [0.1, 0.15) is 11.1 Å². The fraction of sp³-hybridized carbons (Fsp3) is 0. The summed E-state index contributed by atoms with van der Waals surface area (Å²) in [7, 11) is 0. The standard InChI is InChI=1S/C45H25N5/c1-48-35-17-18-45-41(26-35)40-13-4-7-16-44(40)50(45)37-24-33(31-10-8-9-29(19-31)27-46)22-34(25-37)32-20-30(28-47)21-36(23-32)49-42-14-5-2-11-38(42)39-12-3-6-15-43(39)49/h2-26H. The summed E-state index contributed by atoms with van der Waals surface area (Å²) in [4.78, 5) is 3.70. The van der Waals surface area contributed by atoms with E-state index in [9.17, 15) is 10.5 Å². The first-order valence-corrected chi connectivity index (χ1v) is 16.2. The Kier molecular flexibility index (Phi) is 6.56. The first-order valence-electron chi connectivity index (χ1n) is 16.2. The molecule has 5 nitrogen and oxygen atoms in total. The number of para-hydroxylation sites is 3. The van der Waals surface area contributed by atoms with Gasteiger partial charge in [-0.2, -0.15) is 10.5 Å². The van der Waals surface area contributed by atoms with E-state index in [4.69, 9.17) is 6.57 Å². The number of nitriles is 2. The molecule has 5 heteroatoms. The van der Waals surface area contributed by atoms with Gasteiger partial charge in [-0.1, -0.05) is 72.8 Å². The lowest BCUT2D eigenvalue weighted by Gasteiger charge is -2.16. The van der Waals surface area contributed by atoms with Gasteiger partial charge in [0.05, 0.1) is 51.9 Å². The zero-order valence-corrected chi connectivity index (χ0v) is 26.7. The summed E-state index contributed by atoms with van der Waals surface area (Å²) < 4.78 is 4.47. The number of fused-ring (bicyclic) bond motifs is 6. The Hall–Kier alpha value is -7.39.